The van der Waals surface area contributed by atoms with Crippen LogP contribution in [-0.2, 0) is 14.8 Å². The number of carbonyl (C=O) groups excluding carboxylic acids is 1. The highest BCUT2D eigenvalue weighted by Gasteiger charge is 2.29. The molecule has 38 heavy (non-hydrogen) atoms. The van der Waals surface area contributed by atoms with E-state index in [9.17, 15) is 13.2 Å². The average Bonchev–Trinajstić information content (AvgIpc) is 2.95. The molecule has 11 nitrogen and oxygen atoms in total. The van der Waals surface area contributed by atoms with Gasteiger partial charge in [-0.15, -0.1) is 0 Å². The summed E-state index contributed by atoms with van der Waals surface area (Å²) in [5.74, 6) is 1.31. The molecule has 0 aromatic heterocycles. The van der Waals surface area contributed by atoms with Crippen molar-refractivity contribution in [3.63, 3.8) is 0 Å². The van der Waals surface area contributed by atoms with E-state index in [4.69, 9.17) is 23.7 Å². The van der Waals surface area contributed by atoms with E-state index < -0.39 is 22.5 Å². The summed E-state index contributed by atoms with van der Waals surface area (Å²) < 4.78 is 54.6. The molecule has 3 aromatic rings. The van der Waals surface area contributed by atoms with Gasteiger partial charge in [0.05, 0.1) is 52.3 Å². The number of nitrogens with one attached hydrogen (secondary N) is 1. The third-order valence-corrected chi connectivity index (χ3v) is 7.15. The molecule has 1 amide bonds. The molecule has 0 spiro atoms. The summed E-state index contributed by atoms with van der Waals surface area (Å²) in [6.07, 6.45) is 1.37. The molecule has 202 valence electrons. The van der Waals surface area contributed by atoms with Gasteiger partial charge in [-0.25, -0.2) is 13.8 Å². The molecule has 1 N–H and O–H groups in total. The first-order valence-electron chi connectivity index (χ1n) is 11.2. The summed E-state index contributed by atoms with van der Waals surface area (Å²) in [4.78, 5) is 12.9. The smallest absolute Gasteiger partial charge is 0.264 e. The van der Waals surface area contributed by atoms with E-state index in [1.807, 2.05) is 0 Å². The molecule has 0 atom stereocenters. The molecule has 0 bridgehead atoms. The van der Waals surface area contributed by atoms with Crippen molar-refractivity contribution in [1.82, 2.24) is 5.43 Å². The highest BCUT2D eigenvalue weighted by molar-refractivity contribution is 7.92. The predicted molar refractivity (Wildman–Crippen MR) is 142 cm³/mol. The molecular formula is C26H29N3O8S. The van der Waals surface area contributed by atoms with Crippen molar-refractivity contribution in [1.29, 1.82) is 0 Å². The maximum absolute atomic E-state index is 13.6. The monoisotopic (exact) mass is 543 g/mol. The van der Waals surface area contributed by atoms with Crippen molar-refractivity contribution in [2.45, 2.75) is 4.90 Å². The van der Waals surface area contributed by atoms with Crippen LogP contribution in [0.4, 0.5) is 5.69 Å². The fourth-order valence-electron chi connectivity index (χ4n) is 3.53. The van der Waals surface area contributed by atoms with Crippen LogP contribution in [0.3, 0.4) is 0 Å². The number of hydrogen-bond donors (Lipinski definition) is 1. The standard InChI is InChI=1S/C26H29N3O8S/c1-33-19-10-12-20(13-11-19)38(31,32)29(21-8-6-7-9-22(21)34-2)17-25(30)28-27-16-18-14-23(35-3)26(37-5)24(15-18)36-4/h6-16H,17H2,1-5H3,(H,28,30)/b27-16-. The Balaban J connectivity index is 1.88. The second-order valence-corrected chi connectivity index (χ2v) is 9.47. The van der Waals surface area contributed by atoms with Crippen LogP contribution in [0.25, 0.3) is 0 Å². The van der Waals surface area contributed by atoms with E-state index >= 15 is 0 Å². The van der Waals surface area contributed by atoms with Crippen LogP contribution in [0, 0.1) is 0 Å². The molecule has 0 saturated carbocycles. The number of methoxy groups -OCH3 is 5. The van der Waals surface area contributed by atoms with Gasteiger partial charge in [0, 0.05) is 5.56 Å². The van der Waals surface area contributed by atoms with Crippen molar-refractivity contribution in [3.8, 4) is 28.7 Å². The van der Waals surface area contributed by atoms with Gasteiger partial charge in [0.15, 0.2) is 11.5 Å². The minimum atomic E-state index is -4.17. The number of sulfonamides is 1. The maximum atomic E-state index is 13.6. The van der Waals surface area contributed by atoms with Crippen molar-refractivity contribution >= 4 is 27.8 Å². The van der Waals surface area contributed by atoms with E-state index in [0.717, 1.165) is 4.31 Å². The Bertz CT molecular complexity index is 1370. The van der Waals surface area contributed by atoms with Gasteiger partial charge in [0.1, 0.15) is 18.0 Å². The molecule has 3 rings (SSSR count). The summed E-state index contributed by atoms with van der Waals surface area (Å²) >= 11 is 0. The van der Waals surface area contributed by atoms with Crippen LogP contribution in [0.5, 0.6) is 28.7 Å². The maximum Gasteiger partial charge on any atom is 0.264 e. The van der Waals surface area contributed by atoms with Crippen molar-refractivity contribution < 1.29 is 36.9 Å². The molecule has 0 aliphatic heterocycles. The Morgan fingerprint density at radius 3 is 2.00 bits per heavy atom. The summed E-state index contributed by atoms with van der Waals surface area (Å²) in [6.45, 7) is -0.568. The van der Waals surface area contributed by atoms with Crippen molar-refractivity contribution in [2.75, 3.05) is 46.4 Å². The first-order valence-corrected chi connectivity index (χ1v) is 12.6. The van der Waals surface area contributed by atoms with Crippen molar-refractivity contribution in [3.05, 3.63) is 66.2 Å². The lowest BCUT2D eigenvalue weighted by Crippen LogP contribution is -2.39. The number of rotatable bonds is 12. The lowest BCUT2D eigenvalue weighted by Gasteiger charge is -2.25. The lowest BCUT2D eigenvalue weighted by atomic mass is 10.2. The van der Waals surface area contributed by atoms with Gasteiger partial charge >= 0.3 is 0 Å². The number of anilines is 1. The molecule has 0 fully saturated rings. The zero-order valence-corrected chi connectivity index (χ0v) is 22.4. The van der Waals surface area contributed by atoms with E-state index in [1.54, 1.807) is 36.4 Å². The normalized spacial score (nSPS) is 11.1. The van der Waals surface area contributed by atoms with E-state index in [2.05, 4.69) is 10.5 Å². The van der Waals surface area contributed by atoms with E-state index in [1.165, 1.54) is 66.0 Å². The van der Waals surface area contributed by atoms with Crippen LogP contribution >= 0.6 is 0 Å². The third kappa shape index (κ3) is 6.27. The minimum absolute atomic E-state index is 0.0297. The first kappa shape index (κ1) is 28.1. The third-order valence-electron chi connectivity index (χ3n) is 5.38. The number of amides is 1. The molecule has 0 unspecified atom stereocenters. The summed E-state index contributed by atoms with van der Waals surface area (Å²) in [7, 11) is 3.18. The van der Waals surface area contributed by atoms with E-state index in [0.29, 0.717) is 28.6 Å². The fourth-order valence-corrected chi connectivity index (χ4v) is 4.96. The second kappa shape index (κ2) is 12.7. The summed E-state index contributed by atoms with van der Waals surface area (Å²) in [5.41, 5.74) is 3.10. The largest absolute Gasteiger partial charge is 0.497 e. The number of hydrazone groups is 1. The number of nitrogens with zero attached hydrogens (tertiary/aromatic N) is 2. The van der Waals surface area contributed by atoms with Crippen LogP contribution in [0.2, 0.25) is 0 Å². The quantitative estimate of drug-likeness (QED) is 0.273. The zero-order valence-electron chi connectivity index (χ0n) is 21.6. The Kier molecular flexibility index (Phi) is 9.39. The fraction of sp³-hybridized carbons (Fsp3) is 0.231. The van der Waals surface area contributed by atoms with Crippen molar-refractivity contribution in [2.24, 2.45) is 5.10 Å². The molecular weight excluding hydrogens is 514 g/mol. The van der Waals surface area contributed by atoms with Gasteiger partial charge in [-0.1, -0.05) is 12.1 Å². The van der Waals surface area contributed by atoms with Gasteiger partial charge in [0.2, 0.25) is 5.75 Å². The van der Waals surface area contributed by atoms with Crippen LogP contribution in [0.1, 0.15) is 5.56 Å². The van der Waals surface area contributed by atoms with Gasteiger partial charge in [-0.05, 0) is 48.5 Å². The predicted octanol–water partition coefficient (Wildman–Crippen LogP) is 3.08. The first-order chi connectivity index (χ1) is 18.3. The number of hydrogen-bond acceptors (Lipinski definition) is 9. The van der Waals surface area contributed by atoms with Gasteiger partial charge in [0.25, 0.3) is 15.9 Å². The molecule has 0 radical (unpaired) electrons. The molecule has 12 heteroatoms. The highest BCUT2D eigenvalue weighted by Crippen LogP contribution is 2.37. The molecule has 0 aliphatic rings. The number of ether oxygens (including phenoxy) is 5. The molecule has 3 aromatic carbocycles. The van der Waals surface area contributed by atoms with Crippen LogP contribution < -0.4 is 33.4 Å². The zero-order chi connectivity index (χ0) is 27.7. The Morgan fingerprint density at radius 1 is 0.842 bits per heavy atom. The van der Waals surface area contributed by atoms with Crippen LogP contribution in [0.15, 0.2) is 70.7 Å². The minimum Gasteiger partial charge on any atom is -0.497 e. The highest BCUT2D eigenvalue weighted by atomic mass is 32.2. The lowest BCUT2D eigenvalue weighted by molar-refractivity contribution is -0.119. The molecule has 0 aliphatic carbocycles. The SMILES string of the molecule is COc1ccc(S(=O)(=O)N(CC(=O)N/N=C\c2cc(OC)c(OC)c(OC)c2)c2ccccc2OC)cc1. The number of benzene rings is 3. The second-order valence-electron chi connectivity index (χ2n) is 7.61. The van der Waals surface area contributed by atoms with Gasteiger partial charge < -0.3 is 23.7 Å². The van der Waals surface area contributed by atoms with E-state index in [-0.39, 0.29) is 16.3 Å². The Morgan fingerprint density at radius 2 is 1.45 bits per heavy atom. The Labute approximate surface area is 221 Å². The number of carbonyl (C=O) groups is 1. The number of para-hydroxylation sites is 2. The Hall–Kier alpha value is -4.45. The average molecular weight is 544 g/mol. The summed E-state index contributed by atoms with van der Waals surface area (Å²) in [5, 5.41) is 3.97. The van der Waals surface area contributed by atoms with Gasteiger partial charge in [-0.2, -0.15) is 5.10 Å². The van der Waals surface area contributed by atoms with Gasteiger partial charge in [-0.3, -0.25) is 9.10 Å². The topological polar surface area (TPSA) is 125 Å². The molecule has 0 saturated heterocycles. The molecule has 0 heterocycles. The summed E-state index contributed by atoms with van der Waals surface area (Å²) in [6, 6.07) is 15.6. The van der Waals surface area contributed by atoms with Crippen LogP contribution in [-0.4, -0.2) is 62.6 Å².